The van der Waals surface area contributed by atoms with Gasteiger partial charge in [0.1, 0.15) is 5.75 Å². The molecule has 1 fully saturated rings. The second-order valence-corrected chi connectivity index (χ2v) is 11.6. The molecule has 2 aromatic carbocycles. The van der Waals surface area contributed by atoms with Crippen molar-refractivity contribution in [2.24, 2.45) is 10.9 Å². The molecule has 0 aromatic heterocycles. The Morgan fingerprint density at radius 3 is 2.30 bits per heavy atom. The second kappa shape index (κ2) is 13.2. The molecule has 0 saturated carbocycles. The van der Waals surface area contributed by atoms with Crippen LogP contribution in [0.15, 0.2) is 71.9 Å². The van der Waals surface area contributed by atoms with Gasteiger partial charge in [0.15, 0.2) is 6.29 Å². The number of hydrogen-bond donors (Lipinski definition) is 2. The smallest absolute Gasteiger partial charge is 0.317 e. The van der Waals surface area contributed by atoms with E-state index in [9.17, 15) is 4.79 Å². The molecule has 40 heavy (non-hydrogen) atoms. The SMILES string of the molecule is COc1ccc(N2C3=NC=CC(C(C)c4ccccc4)N3N(C(C)C)[C@H]2NC(=O)NC(C)CCCC(C)C)cc1. The lowest BCUT2D eigenvalue weighted by molar-refractivity contribution is -0.0286. The summed E-state index contributed by atoms with van der Waals surface area (Å²) in [6.45, 7) is 13.1. The molecule has 2 aliphatic heterocycles. The summed E-state index contributed by atoms with van der Waals surface area (Å²) in [5.41, 5.74) is 2.17. The molecular weight excluding hydrogens is 500 g/mol. The van der Waals surface area contributed by atoms with Gasteiger partial charge >= 0.3 is 6.03 Å². The first-order valence-electron chi connectivity index (χ1n) is 14.6. The van der Waals surface area contributed by atoms with Gasteiger partial charge in [0.2, 0.25) is 5.96 Å². The zero-order valence-corrected chi connectivity index (χ0v) is 25.0. The standard InChI is InChI=1S/C32H46N6O2/c1-22(2)12-11-13-24(5)34-30(39)35-32-36(27-16-18-28(40-7)19-17-27)31-33-21-20-29(38(31)37(32)23(3)4)25(6)26-14-9-8-10-15-26/h8-10,14-25,29,32H,11-13H2,1-7H3,(H2,34,35,39)/t24?,25?,29?,32-/m0/s1. The summed E-state index contributed by atoms with van der Waals surface area (Å²) in [5.74, 6) is 2.41. The molecule has 0 radical (unpaired) electrons. The number of fused-ring (bicyclic) bond motifs is 1. The lowest BCUT2D eigenvalue weighted by Gasteiger charge is -2.41. The molecule has 1 saturated heterocycles. The minimum atomic E-state index is -0.472. The van der Waals surface area contributed by atoms with E-state index in [0.29, 0.717) is 5.92 Å². The lowest BCUT2D eigenvalue weighted by atomic mass is 9.92. The van der Waals surface area contributed by atoms with Gasteiger partial charge in [0, 0.05) is 29.9 Å². The molecular formula is C32H46N6O2. The number of hydrazine groups is 1. The van der Waals surface area contributed by atoms with Crippen LogP contribution in [0.5, 0.6) is 5.75 Å². The quantitative estimate of drug-likeness (QED) is 0.346. The van der Waals surface area contributed by atoms with Crippen molar-refractivity contribution in [3.8, 4) is 5.75 Å². The number of nitrogens with zero attached hydrogens (tertiary/aromatic N) is 4. The minimum Gasteiger partial charge on any atom is -0.497 e. The number of benzene rings is 2. The fourth-order valence-corrected chi connectivity index (χ4v) is 5.53. The van der Waals surface area contributed by atoms with Crippen LogP contribution in [-0.2, 0) is 0 Å². The summed E-state index contributed by atoms with van der Waals surface area (Å²) in [6.07, 6.45) is 6.78. The van der Waals surface area contributed by atoms with E-state index >= 15 is 0 Å². The number of hydrogen-bond acceptors (Lipinski definition) is 6. The first kappa shape index (κ1) is 29.5. The number of amides is 2. The average molecular weight is 547 g/mol. The highest BCUT2D eigenvalue weighted by molar-refractivity contribution is 6.00. The Morgan fingerprint density at radius 1 is 0.975 bits per heavy atom. The van der Waals surface area contributed by atoms with Gasteiger partial charge in [-0.2, -0.15) is 5.01 Å². The van der Waals surface area contributed by atoms with Crippen molar-refractivity contribution in [2.75, 3.05) is 12.0 Å². The van der Waals surface area contributed by atoms with Crippen LogP contribution in [0.1, 0.15) is 72.3 Å². The molecule has 0 spiro atoms. The zero-order valence-electron chi connectivity index (χ0n) is 25.0. The number of anilines is 1. The number of ether oxygens (including phenoxy) is 1. The zero-order chi connectivity index (χ0) is 28.8. The van der Waals surface area contributed by atoms with Crippen molar-refractivity contribution in [1.29, 1.82) is 0 Å². The summed E-state index contributed by atoms with van der Waals surface area (Å²) in [5, 5.41) is 11.0. The van der Waals surface area contributed by atoms with Gasteiger partial charge in [-0.1, -0.05) is 63.9 Å². The van der Waals surface area contributed by atoms with Crippen LogP contribution < -0.4 is 20.3 Å². The van der Waals surface area contributed by atoms with Crippen LogP contribution >= 0.6 is 0 Å². The Morgan fingerprint density at radius 2 is 1.68 bits per heavy atom. The lowest BCUT2D eigenvalue weighted by Crippen LogP contribution is -2.60. The van der Waals surface area contributed by atoms with Crippen molar-refractivity contribution in [3.63, 3.8) is 0 Å². The minimum absolute atomic E-state index is 0.0165. The van der Waals surface area contributed by atoms with E-state index in [2.05, 4.69) is 97.4 Å². The van der Waals surface area contributed by atoms with E-state index in [1.807, 2.05) is 36.5 Å². The highest BCUT2D eigenvalue weighted by Gasteiger charge is 2.49. The molecule has 8 heteroatoms. The third-order valence-electron chi connectivity index (χ3n) is 7.69. The summed E-state index contributed by atoms with van der Waals surface area (Å²) in [6, 6.07) is 18.4. The fraction of sp³-hybridized carbons (Fsp3) is 0.500. The van der Waals surface area contributed by atoms with Crippen LogP contribution in [0, 0.1) is 5.92 Å². The molecule has 2 heterocycles. The average Bonchev–Trinajstić information content (AvgIpc) is 3.26. The molecule has 4 rings (SSSR count). The number of guanidine groups is 1. The van der Waals surface area contributed by atoms with E-state index in [-0.39, 0.29) is 30.1 Å². The van der Waals surface area contributed by atoms with Gasteiger partial charge in [-0.05, 0) is 69.0 Å². The maximum absolute atomic E-state index is 13.4. The molecule has 3 unspecified atom stereocenters. The third-order valence-corrected chi connectivity index (χ3v) is 7.69. The summed E-state index contributed by atoms with van der Waals surface area (Å²) in [7, 11) is 1.66. The number of urea groups is 1. The number of carbonyl (C=O) groups excluding carboxylic acids is 1. The summed E-state index contributed by atoms with van der Waals surface area (Å²) in [4.78, 5) is 20.4. The van der Waals surface area contributed by atoms with Gasteiger partial charge < -0.3 is 15.4 Å². The Hall–Kier alpha value is -3.52. The topological polar surface area (TPSA) is 72.4 Å². The van der Waals surface area contributed by atoms with E-state index in [1.54, 1.807) is 7.11 Å². The van der Waals surface area contributed by atoms with Crippen molar-refractivity contribution in [2.45, 2.75) is 91.1 Å². The van der Waals surface area contributed by atoms with Crippen molar-refractivity contribution < 1.29 is 9.53 Å². The predicted octanol–water partition coefficient (Wildman–Crippen LogP) is 6.30. The summed E-state index contributed by atoms with van der Waals surface area (Å²) < 4.78 is 5.42. The Balaban J connectivity index is 1.66. The molecule has 2 aliphatic rings. The van der Waals surface area contributed by atoms with Crippen molar-refractivity contribution in [1.82, 2.24) is 20.7 Å². The second-order valence-electron chi connectivity index (χ2n) is 11.6. The molecule has 2 amide bonds. The molecule has 8 nitrogen and oxygen atoms in total. The number of nitrogens with one attached hydrogen (secondary N) is 2. The maximum atomic E-state index is 13.4. The van der Waals surface area contributed by atoms with Crippen molar-refractivity contribution >= 4 is 17.7 Å². The molecule has 216 valence electrons. The Kier molecular flexibility index (Phi) is 9.74. The largest absolute Gasteiger partial charge is 0.497 e. The van der Waals surface area contributed by atoms with Crippen molar-refractivity contribution in [3.05, 3.63) is 72.4 Å². The highest BCUT2D eigenvalue weighted by Crippen LogP contribution is 2.37. The van der Waals surface area contributed by atoms with Gasteiger partial charge in [-0.3, -0.25) is 9.91 Å². The number of rotatable bonds is 11. The van der Waals surface area contributed by atoms with Gasteiger partial charge in [0.25, 0.3) is 0 Å². The predicted molar refractivity (Wildman–Crippen MR) is 163 cm³/mol. The number of aliphatic imine (C=N–C) groups is 1. The van der Waals surface area contributed by atoms with E-state index in [1.165, 1.54) is 5.56 Å². The first-order valence-corrected chi connectivity index (χ1v) is 14.6. The first-order chi connectivity index (χ1) is 19.2. The van der Waals surface area contributed by atoms with Crippen LogP contribution in [0.25, 0.3) is 0 Å². The molecule has 2 N–H and O–H groups in total. The molecule has 4 atom stereocenters. The van der Waals surface area contributed by atoms with Crippen LogP contribution in [0.3, 0.4) is 0 Å². The van der Waals surface area contributed by atoms with Gasteiger partial charge in [-0.25, -0.2) is 9.79 Å². The number of methoxy groups -OCH3 is 1. The molecule has 0 aliphatic carbocycles. The summed E-state index contributed by atoms with van der Waals surface area (Å²) >= 11 is 0. The van der Waals surface area contributed by atoms with Crippen LogP contribution in [0.4, 0.5) is 10.5 Å². The van der Waals surface area contributed by atoms with E-state index in [0.717, 1.165) is 36.7 Å². The maximum Gasteiger partial charge on any atom is 0.317 e. The Bertz CT molecular complexity index is 1160. The number of carbonyl (C=O) groups is 1. The van der Waals surface area contributed by atoms with E-state index < -0.39 is 6.29 Å². The molecule has 2 aromatic rings. The fourth-order valence-electron chi connectivity index (χ4n) is 5.53. The molecule has 0 bridgehead atoms. The van der Waals surface area contributed by atoms with Crippen LogP contribution in [-0.4, -0.2) is 53.5 Å². The van der Waals surface area contributed by atoms with Gasteiger partial charge in [0.05, 0.1) is 13.2 Å². The van der Waals surface area contributed by atoms with E-state index in [4.69, 9.17) is 9.73 Å². The monoisotopic (exact) mass is 546 g/mol. The Labute approximate surface area is 240 Å². The normalized spacial score (nSPS) is 20.4. The third kappa shape index (κ3) is 6.61. The van der Waals surface area contributed by atoms with Gasteiger partial charge in [-0.15, -0.1) is 0 Å². The highest BCUT2D eigenvalue weighted by atomic mass is 16.5. The van der Waals surface area contributed by atoms with Crippen LogP contribution in [0.2, 0.25) is 0 Å².